The largest absolute Gasteiger partial charge is 0.478 e. The molecule has 2 unspecified atom stereocenters. The van der Waals surface area contributed by atoms with Crippen molar-refractivity contribution in [2.45, 2.75) is 17.0 Å². The quantitative estimate of drug-likeness (QED) is 0.657. The number of benzene rings is 2. The molecule has 142 valence electrons. The molecule has 1 heterocycles. The van der Waals surface area contributed by atoms with Gasteiger partial charge in [-0.25, -0.2) is 13.2 Å². The first-order chi connectivity index (χ1) is 12.8. The molecular formula is C18H17ClN2O5S. The number of rotatable bonds is 5. The Hall–Kier alpha value is -2.58. The molecule has 2 aromatic carbocycles. The van der Waals surface area contributed by atoms with Crippen molar-refractivity contribution in [3.63, 3.8) is 0 Å². The number of halogens is 1. The van der Waals surface area contributed by atoms with Gasteiger partial charge >= 0.3 is 5.97 Å². The third kappa shape index (κ3) is 4.23. The van der Waals surface area contributed by atoms with E-state index in [1.54, 1.807) is 6.07 Å². The lowest BCUT2D eigenvalue weighted by Crippen LogP contribution is -2.50. The van der Waals surface area contributed by atoms with Crippen LogP contribution in [0, 0.1) is 0 Å². The molecule has 1 amide bonds. The molecule has 9 heteroatoms. The molecule has 7 nitrogen and oxygen atoms in total. The van der Waals surface area contributed by atoms with Crippen LogP contribution in [-0.4, -0.2) is 42.6 Å². The zero-order chi connectivity index (χ0) is 19.6. The van der Waals surface area contributed by atoms with E-state index >= 15 is 0 Å². The van der Waals surface area contributed by atoms with Gasteiger partial charge in [0.05, 0.1) is 16.6 Å². The molecular weight excluding hydrogens is 392 g/mol. The minimum atomic E-state index is -4.18. The van der Waals surface area contributed by atoms with E-state index in [1.807, 2.05) is 30.3 Å². The number of sulfonamides is 1. The van der Waals surface area contributed by atoms with Crippen molar-refractivity contribution >= 4 is 39.2 Å². The van der Waals surface area contributed by atoms with E-state index in [4.69, 9.17) is 11.6 Å². The second-order valence-electron chi connectivity index (χ2n) is 6.15. The highest BCUT2D eigenvalue weighted by Gasteiger charge is 2.38. The van der Waals surface area contributed by atoms with Crippen LogP contribution in [0.2, 0.25) is 0 Å². The van der Waals surface area contributed by atoms with Gasteiger partial charge in [-0.05, 0) is 29.7 Å². The number of carbonyl (C=O) groups is 2. The molecule has 27 heavy (non-hydrogen) atoms. The highest BCUT2D eigenvalue weighted by molar-refractivity contribution is 7.94. The maximum absolute atomic E-state index is 12.7. The number of carboxylic acids is 1. The Morgan fingerprint density at radius 1 is 1.15 bits per heavy atom. The molecule has 1 aliphatic rings. The summed E-state index contributed by atoms with van der Waals surface area (Å²) in [5, 5.41) is 9.93. The predicted octanol–water partition coefficient (Wildman–Crippen LogP) is 2.29. The van der Waals surface area contributed by atoms with Crippen LogP contribution in [-0.2, 0) is 14.8 Å². The molecule has 2 atom stereocenters. The zero-order valence-corrected chi connectivity index (χ0v) is 15.6. The van der Waals surface area contributed by atoms with Crippen LogP contribution in [0.25, 0.3) is 11.1 Å². The monoisotopic (exact) mass is 408 g/mol. The molecule has 3 rings (SSSR count). The number of aromatic carboxylic acids is 1. The molecule has 0 aromatic heterocycles. The summed E-state index contributed by atoms with van der Waals surface area (Å²) < 4.78 is 27.7. The van der Waals surface area contributed by atoms with Gasteiger partial charge in [0.1, 0.15) is 0 Å². The van der Waals surface area contributed by atoms with Gasteiger partial charge in [0, 0.05) is 6.54 Å². The standard InChI is InChI=1S/C18H17ClN2O5S/c19-13-9-16(17(22)20-10-13)27(25,26)21-15-8-12(6-7-14(15)18(23)24)11-4-2-1-3-5-11/h1-8,13,16,21H,9-10H2,(H,20,22)(H,23,24). The van der Waals surface area contributed by atoms with E-state index in [0.717, 1.165) is 5.56 Å². The average molecular weight is 409 g/mol. The minimum Gasteiger partial charge on any atom is -0.478 e. The van der Waals surface area contributed by atoms with Gasteiger partial charge in [-0.2, -0.15) is 0 Å². The maximum atomic E-state index is 12.7. The lowest BCUT2D eigenvalue weighted by Gasteiger charge is -2.26. The molecule has 0 bridgehead atoms. The molecule has 0 radical (unpaired) electrons. The normalized spacial score (nSPS) is 20.0. The lowest BCUT2D eigenvalue weighted by atomic mass is 10.0. The molecule has 1 saturated heterocycles. The number of alkyl halides is 1. The lowest BCUT2D eigenvalue weighted by molar-refractivity contribution is -0.121. The summed E-state index contributed by atoms with van der Waals surface area (Å²) >= 11 is 5.97. The highest BCUT2D eigenvalue weighted by atomic mass is 35.5. The highest BCUT2D eigenvalue weighted by Crippen LogP contribution is 2.28. The average Bonchev–Trinajstić information content (AvgIpc) is 2.63. The minimum absolute atomic E-state index is 0.0521. The molecule has 2 aromatic rings. The predicted molar refractivity (Wildman–Crippen MR) is 102 cm³/mol. The zero-order valence-electron chi connectivity index (χ0n) is 14.1. The summed E-state index contributed by atoms with van der Waals surface area (Å²) in [7, 11) is -4.18. The first-order valence-corrected chi connectivity index (χ1v) is 10.1. The first kappa shape index (κ1) is 19.2. The van der Waals surface area contributed by atoms with Crippen molar-refractivity contribution in [2.24, 2.45) is 0 Å². The molecule has 0 aliphatic carbocycles. The van der Waals surface area contributed by atoms with Gasteiger partial charge in [-0.15, -0.1) is 11.6 Å². The summed E-state index contributed by atoms with van der Waals surface area (Å²) in [6.45, 7) is 0.191. The summed E-state index contributed by atoms with van der Waals surface area (Å²) in [5.41, 5.74) is 1.12. The molecule has 1 aliphatic heterocycles. The van der Waals surface area contributed by atoms with Crippen molar-refractivity contribution in [2.75, 3.05) is 11.3 Å². The first-order valence-electron chi connectivity index (χ1n) is 8.14. The van der Waals surface area contributed by atoms with Crippen LogP contribution in [0.5, 0.6) is 0 Å². The van der Waals surface area contributed by atoms with Gasteiger partial charge in [0.25, 0.3) is 0 Å². The van der Waals surface area contributed by atoms with E-state index in [-0.39, 0.29) is 24.2 Å². The van der Waals surface area contributed by atoms with E-state index in [2.05, 4.69) is 10.0 Å². The van der Waals surface area contributed by atoms with Gasteiger partial charge in [-0.3, -0.25) is 9.52 Å². The Kier molecular flexibility index (Phi) is 5.38. The third-order valence-electron chi connectivity index (χ3n) is 4.24. The van der Waals surface area contributed by atoms with Gasteiger partial charge in [-0.1, -0.05) is 36.4 Å². The van der Waals surface area contributed by atoms with Gasteiger partial charge in [0.2, 0.25) is 15.9 Å². The molecule has 0 spiro atoms. The summed E-state index contributed by atoms with van der Waals surface area (Å²) in [6, 6.07) is 13.5. The number of piperidine rings is 1. The Morgan fingerprint density at radius 2 is 1.85 bits per heavy atom. The number of hydrogen-bond donors (Lipinski definition) is 3. The maximum Gasteiger partial charge on any atom is 0.337 e. The summed E-state index contributed by atoms with van der Waals surface area (Å²) in [4.78, 5) is 23.5. The molecule has 1 fully saturated rings. The second kappa shape index (κ2) is 7.58. The Morgan fingerprint density at radius 3 is 2.52 bits per heavy atom. The van der Waals surface area contributed by atoms with E-state index in [9.17, 15) is 23.1 Å². The Labute approximate surface area is 161 Å². The number of nitrogens with one attached hydrogen (secondary N) is 2. The summed E-state index contributed by atoms with van der Waals surface area (Å²) in [5.74, 6) is -1.94. The fourth-order valence-electron chi connectivity index (χ4n) is 2.87. The topological polar surface area (TPSA) is 113 Å². The van der Waals surface area contributed by atoms with E-state index in [1.165, 1.54) is 12.1 Å². The van der Waals surface area contributed by atoms with Crippen molar-refractivity contribution in [3.8, 4) is 11.1 Å². The van der Waals surface area contributed by atoms with Crippen molar-refractivity contribution in [1.82, 2.24) is 5.32 Å². The van der Waals surface area contributed by atoms with Crippen LogP contribution in [0.4, 0.5) is 5.69 Å². The SMILES string of the molecule is O=C(O)c1ccc(-c2ccccc2)cc1NS(=O)(=O)C1CC(Cl)CNC1=O. The number of hydrogen-bond acceptors (Lipinski definition) is 4. The number of carboxylic acid groups (broad SMARTS) is 1. The van der Waals surface area contributed by atoms with E-state index < -0.39 is 32.5 Å². The molecule has 0 saturated carbocycles. The van der Waals surface area contributed by atoms with Crippen LogP contribution < -0.4 is 10.0 Å². The smallest absolute Gasteiger partial charge is 0.337 e. The van der Waals surface area contributed by atoms with Crippen LogP contribution in [0.1, 0.15) is 16.8 Å². The van der Waals surface area contributed by atoms with Crippen LogP contribution in [0.3, 0.4) is 0 Å². The number of carbonyl (C=O) groups excluding carboxylic acids is 1. The Bertz CT molecular complexity index is 979. The van der Waals surface area contributed by atoms with Crippen molar-refractivity contribution < 1.29 is 23.1 Å². The third-order valence-corrected chi connectivity index (χ3v) is 6.24. The second-order valence-corrected chi connectivity index (χ2v) is 8.63. The Balaban J connectivity index is 1.99. The fraction of sp³-hybridized carbons (Fsp3) is 0.222. The number of amides is 1. The van der Waals surface area contributed by atoms with Crippen LogP contribution >= 0.6 is 11.6 Å². The fourth-order valence-corrected chi connectivity index (χ4v) is 4.69. The van der Waals surface area contributed by atoms with Crippen LogP contribution in [0.15, 0.2) is 48.5 Å². The molecule has 3 N–H and O–H groups in total. The van der Waals surface area contributed by atoms with E-state index in [0.29, 0.717) is 5.56 Å². The van der Waals surface area contributed by atoms with Gasteiger partial charge in [0.15, 0.2) is 5.25 Å². The van der Waals surface area contributed by atoms with Gasteiger partial charge < -0.3 is 10.4 Å². The van der Waals surface area contributed by atoms with Crippen molar-refractivity contribution in [3.05, 3.63) is 54.1 Å². The van der Waals surface area contributed by atoms with Crippen molar-refractivity contribution in [1.29, 1.82) is 0 Å². The number of anilines is 1. The summed E-state index contributed by atoms with van der Waals surface area (Å²) in [6.07, 6.45) is -0.0521.